The fourth-order valence-electron chi connectivity index (χ4n) is 3.27. The lowest BCUT2D eigenvalue weighted by atomic mass is 10.2. The maximum absolute atomic E-state index is 13.3. The summed E-state index contributed by atoms with van der Waals surface area (Å²) in [7, 11) is -4.02. The smallest absolute Gasteiger partial charge is 0.264 e. The lowest BCUT2D eigenvalue weighted by Gasteiger charge is -2.24. The Morgan fingerprint density at radius 1 is 0.967 bits per heavy atom. The summed E-state index contributed by atoms with van der Waals surface area (Å²) in [4.78, 5) is 12.7. The average molecular weight is 468 g/mol. The number of rotatable bonds is 6. The molecule has 1 fully saturated rings. The Hall–Kier alpha value is -2.09. The number of hydrogen-bond acceptors (Lipinski definition) is 4. The van der Waals surface area contributed by atoms with Crippen LogP contribution < -0.4 is 9.73 Å². The van der Waals surface area contributed by atoms with Crippen LogP contribution in [0.1, 0.15) is 38.5 Å². The van der Waals surface area contributed by atoms with Crippen LogP contribution in [0.25, 0.3) is 0 Å². The van der Waals surface area contributed by atoms with Crippen LogP contribution in [-0.2, 0) is 14.8 Å². The van der Waals surface area contributed by atoms with Crippen molar-refractivity contribution in [3.8, 4) is 0 Å². The molecular formula is C21H23Cl2N3O3S. The van der Waals surface area contributed by atoms with E-state index in [9.17, 15) is 13.2 Å². The van der Waals surface area contributed by atoms with Gasteiger partial charge in [0.1, 0.15) is 6.54 Å². The molecule has 0 atom stereocenters. The van der Waals surface area contributed by atoms with Gasteiger partial charge in [-0.2, -0.15) is 5.10 Å². The number of nitrogens with zero attached hydrogens (tertiary/aromatic N) is 2. The van der Waals surface area contributed by atoms with Crippen LogP contribution >= 0.6 is 23.2 Å². The highest BCUT2D eigenvalue weighted by Crippen LogP contribution is 2.29. The summed E-state index contributed by atoms with van der Waals surface area (Å²) in [6.07, 6.45) is 6.10. The highest BCUT2D eigenvalue weighted by atomic mass is 35.5. The molecule has 0 aromatic heterocycles. The van der Waals surface area contributed by atoms with E-state index in [1.807, 2.05) is 0 Å². The first-order valence-electron chi connectivity index (χ1n) is 9.74. The number of anilines is 1. The first kappa shape index (κ1) is 22.6. The van der Waals surface area contributed by atoms with E-state index in [0.717, 1.165) is 48.5 Å². The van der Waals surface area contributed by atoms with Crippen molar-refractivity contribution in [3.05, 3.63) is 58.6 Å². The number of nitrogens with one attached hydrogen (secondary N) is 1. The van der Waals surface area contributed by atoms with Crippen molar-refractivity contribution < 1.29 is 13.2 Å². The van der Waals surface area contributed by atoms with Gasteiger partial charge in [-0.15, -0.1) is 0 Å². The molecule has 0 spiro atoms. The maximum Gasteiger partial charge on any atom is 0.264 e. The molecule has 0 saturated heterocycles. The van der Waals surface area contributed by atoms with Gasteiger partial charge in [0.25, 0.3) is 15.9 Å². The number of amides is 1. The predicted molar refractivity (Wildman–Crippen MR) is 121 cm³/mol. The van der Waals surface area contributed by atoms with Crippen molar-refractivity contribution in [2.45, 2.75) is 43.4 Å². The first-order chi connectivity index (χ1) is 14.4. The molecule has 0 radical (unpaired) electrons. The quantitative estimate of drug-likeness (QED) is 0.478. The zero-order chi connectivity index (χ0) is 21.6. The van der Waals surface area contributed by atoms with Crippen LogP contribution in [0.4, 0.5) is 5.69 Å². The van der Waals surface area contributed by atoms with Gasteiger partial charge in [0.2, 0.25) is 0 Å². The Morgan fingerprint density at radius 2 is 1.57 bits per heavy atom. The van der Waals surface area contributed by atoms with Crippen molar-refractivity contribution in [1.29, 1.82) is 0 Å². The van der Waals surface area contributed by atoms with Gasteiger partial charge in [-0.1, -0.05) is 54.2 Å². The Balaban J connectivity index is 1.88. The van der Waals surface area contributed by atoms with E-state index in [1.165, 1.54) is 30.3 Å². The summed E-state index contributed by atoms with van der Waals surface area (Å²) in [5, 5.41) is 4.76. The minimum absolute atomic E-state index is 0.0592. The van der Waals surface area contributed by atoms with Gasteiger partial charge >= 0.3 is 0 Å². The Kier molecular flexibility index (Phi) is 7.75. The topological polar surface area (TPSA) is 78.8 Å². The number of hydrazone groups is 1. The van der Waals surface area contributed by atoms with Crippen molar-refractivity contribution in [1.82, 2.24) is 5.43 Å². The van der Waals surface area contributed by atoms with Crippen LogP contribution in [0.15, 0.2) is 58.5 Å². The summed E-state index contributed by atoms with van der Waals surface area (Å²) >= 11 is 12.2. The summed E-state index contributed by atoms with van der Waals surface area (Å²) < 4.78 is 27.5. The van der Waals surface area contributed by atoms with Gasteiger partial charge in [-0.25, -0.2) is 13.8 Å². The normalized spacial score (nSPS) is 14.7. The van der Waals surface area contributed by atoms with E-state index < -0.39 is 22.5 Å². The zero-order valence-corrected chi connectivity index (χ0v) is 18.7. The monoisotopic (exact) mass is 467 g/mol. The molecule has 2 aromatic rings. The molecule has 1 aliphatic rings. The van der Waals surface area contributed by atoms with Crippen molar-refractivity contribution in [2.24, 2.45) is 5.10 Å². The van der Waals surface area contributed by atoms with Crippen LogP contribution in [0.3, 0.4) is 0 Å². The summed E-state index contributed by atoms with van der Waals surface area (Å²) in [6.45, 7) is -0.454. The molecule has 1 N–H and O–H groups in total. The third-order valence-corrected chi connectivity index (χ3v) is 7.00. The highest BCUT2D eigenvalue weighted by molar-refractivity contribution is 7.92. The van der Waals surface area contributed by atoms with Crippen molar-refractivity contribution in [3.63, 3.8) is 0 Å². The number of carbonyl (C=O) groups is 1. The zero-order valence-electron chi connectivity index (χ0n) is 16.4. The van der Waals surface area contributed by atoms with Gasteiger partial charge < -0.3 is 0 Å². The van der Waals surface area contributed by atoms with Crippen LogP contribution in [0, 0.1) is 0 Å². The predicted octanol–water partition coefficient (Wildman–Crippen LogP) is 5.02. The number of benzene rings is 2. The fourth-order valence-corrected chi connectivity index (χ4v) is 5.21. The van der Waals surface area contributed by atoms with E-state index in [1.54, 1.807) is 18.2 Å². The highest BCUT2D eigenvalue weighted by Gasteiger charge is 2.27. The number of hydrogen-bond donors (Lipinski definition) is 1. The molecule has 0 bridgehead atoms. The molecule has 6 nitrogen and oxygen atoms in total. The lowest BCUT2D eigenvalue weighted by molar-refractivity contribution is -0.119. The second-order valence-electron chi connectivity index (χ2n) is 7.08. The molecule has 1 aliphatic carbocycles. The lowest BCUT2D eigenvalue weighted by Crippen LogP contribution is -2.39. The Morgan fingerprint density at radius 3 is 2.17 bits per heavy atom. The molecule has 1 saturated carbocycles. The van der Waals surface area contributed by atoms with Gasteiger partial charge in [-0.05, 0) is 56.0 Å². The Labute approximate surface area is 186 Å². The van der Waals surface area contributed by atoms with Crippen LogP contribution in [-0.4, -0.2) is 26.6 Å². The molecule has 2 aromatic carbocycles. The second kappa shape index (κ2) is 10.3. The Bertz CT molecular complexity index is 997. The van der Waals surface area contributed by atoms with E-state index in [-0.39, 0.29) is 20.6 Å². The largest absolute Gasteiger partial charge is 0.271 e. The average Bonchev–Trinajstić information content (AvgIpc) is 2.99. The summed E-state index contributed by atoms with van der Waals surface area (Å²) in [5.74, 6) is -0.539. The molecule has 0 heterocycles. The van der Waals surface area contributed by atoms with Gasteiger partial charge in [-0.3, -0.25) is 9.10 Å². The van der Waals surface area contributed by atoms with Crippen molar-refractivity contribution in [2.75, 3.05) is 10.8 Å². The van der Waals surface area contributed by atoms with Gasteiger partial charge in [0.05, 0.1) is 10.6 Å². The number of carbonyl (C=O) groups excluding carboxylic acids is 1. The van der Waals surface area contributed by atoms with E-state index in [2.05, 4.69) is 10.5 Å². The number of halogens is 2. The molecule has 1 amide bonds. The standard InChI is InChI=1S/C21H23Cl2N3O3S/c22-16-12-17(23)14-19(13-16)26(30(28,29)20-10-6-3-7-11-20)15-21(27)25-24-18-8-4-1-2-5-9-18/h3,6-7,10-14H,1-2,4-5,8-9,15H2,(H,25,27). The van der Waals surface area contributed by atoms with E-state index >= 15 is 0 Å². The van der Waals surface area contributed by atoms with Crippen molar-refractivity contribution >= 4 is 50.5 Å². The molecule has 160 valence electrons. The van der Waals surface area contributed by atoms with Gasteiger partial charge in [0, 0.05) is 15.8 Å². The summed E-state index contributed by atoms with van der Waals surface area (Å²) in [5.41, 5.74) is 3.65. The molecule has 0 unspecified atom stereocenters. The fraction of sp³-hybridized carbons (Fsp3) is 0.333. The van der Waals surface area contributed by atoms with E-state index in [4.69, 9.17) is 23.2 Å². The molecular weight excluding hydrogens is 445 g/mol. The summed E-state index contributed by atoms with van der Waals surface area (Å²) in [6, 6.07) is 12.3. The second-order valence-corrected chi connectivity index (χ2v) is 9.81. The van der Waals surface area contributed by atoms with Crippen LogP contribution in [0.2, 0.25) is 10.0 Å². The third-order valence-electron chi connectivity index (χ3n) is 4.77. The minimum Gasteiger partial charge on any atom is -0.271 e. The maximum atomic E-state index is 13.3. The molecule has 9 heteroatoms. The minimum atomic E-state index is -4.02. The van der Waals surface area contributed by atoms with Gasteiger partial charge in [0.15, 0.2) is 0 Å². The third kappa shape index (κ3) is 5.97. The van der Waals surface area contributed by atoms with E-state index in [0.29, 0.717) is 0 Å². The molecule has 0 aliphatic heterocycles. The molecule has 30 heavy (non-hydrogen) atoms. The SMILES string of the molecule is O=C(CN(c1cc(Cl)cc(Cl)c1)S(=O)(=O)c1ccccc1)NN=C1CCCCCC1. The molecule has 3 rings (SSSR count). The van der Waals surface area contributed by atoms with Crippen LogP contribution in [0.5, 0.6) is 0 Å². The first-order valence-corrected chi connectivity index (χ1v) is 11.9. The number of sulfonamides is 1.